The summed E-state index contributed by atoms with van der Waals surface area (Å²) < 4.78 is 0. The Labute approximate surface area is 123 Å². The monoisotopic (exact) mass is 267 g/mol. The molecule has 1 unspecified atom stereocenters. The van der Waals surface area contributed by atoms with E-state index in [1.807, 2.05) is 0 Å². The molecule has 19 heavy (non-hydrogen) atoms. The Hall–Kier alpha value is 0. The van der Waals surface area contributed by atoms with Gasteiger partial charge < -0.3 is 0 Å². The van der Waals surface area contributed by atoms with Crippen molar-refractivity contribution < 1.29 is 0 Å². The molecule has 0 fully saturated rings. The lowest BCUT2D eigenvalue weighted by Crippen LogP contribution is -2.17. The Kier molecular flexibility index (Phi) is 11.8. The Morgan fingerprint density at radius 3 is 1.42 bits per heavy atom. The van der Waals surface area contributed by atoms with E-state index in [4.69, 9.17) is 0 Å². The Balaban J connectivity index is 3.15. The molecule has 0 N–H and O–H groups in total. The third-order valence-electron chi connectivity index (χ3n) is 4.38. The molecular formula is C19H39. The van der Waals surface area contributed by atoms with E-state index in [1.54, 1.807) is 0 Å². The lowest BCUT2D eigenvalue weighted by molar-refractivity contribution is 0.268. The zero-order valence-electron chi connectivity index (χ0n) is 14.3. The van der Waals surface area contributed by atoms with E-state index in [1.165, 1.54) is 77.0 Å². The minimum atomic E-state index is 0.387. The first-order valence-electron chi connectivity index (χ1n) is 8.81. The zero-order valence-corrected chi connectivity index (χ0v) is 14.3. The summed E-state index contributed by atoms with van der Waals surface area (Å²) in [6.45, 7) is 13.5. The highest BCUT2D eigenvalue weighted by molar-refractivity contribution is 4.75. The van der Waals surface area contributed by atoms with Crippen LogP contribution >= 0.6 is 0 Å². The molecule has 1 atom stereocenters. The molecule has 0 aromatic rings. The van der Waals surface area contributed by atoms with Crippen molar-refractivity contribution in [3.63, 3.8) is 0 Å². The zero-order chi connectivity index (χ0) is 14.6. The number of hydrogen-bond acceptors (Lipinski definition) is 0. The van der Waals surface area contributed by atoms with Crippen LogP contribution < -0.4 is 0 Å². The highest BCUT2D eigenvalue weighted by Gasteiger charge is 2.18. The maximum Gasteiger partial charge on any atom is -0.0354 e. The van der Waals surface area contributed by atoms with E-state index >= 15 is 0 Å². The van der Waals surface area contributed by atoms with Crippen molar-refractivity contribution in [1.82, 2.24) is 0 Å². The molecule has 0 nitrogen and oxygen atoms in total. The fraction of sp³-hybridized carbons (Fsp3) is 0.947. The van der Waals surface area contributed by atoms with Gasteiger partial charge in [0.25, 0.3) is 0 Å². The maximum atomic E-state index is 4.29. The van der Waals surface area contributed by atoms with Crippen molar-refractivity contribution in [3.05, 3.63) is 6.92 Å². The largest absolute Gasteiger partial charge is 0.0654 e. The van der Waals surface area contributed by atoms with Gasteiger partial charge >= 0.3 is 0 Å². The molecular weight excluding hydrogens is 228 g/mol. The van der Waals surface area contributed by atoms with Gasteiger partial charge in [-0.1, -0.05) is 98.3 Å². The van der Waals surface area contributed by atoms with Crippen LogP contribution in [0.4, 0.5) is 0 Å². The second kappa shape index (κ2) is 11.8. The van der Waals surface area contributed by atoms with E-state index in [2.05, 4.69) is 34.6 Å². The van der Waals surface area contributed by atoms with E-state index in [9.17, 15) is 0 Å². The van der Waals surface area contributed by atoms with Crippen molar-refractivity contribution in [2.24, 2.45) is 11.3 Å². The van der Waals surface area contributed by atoms with Gasteiger partial charge in [-0.15, -0.1) is 0 Å². The lowest BCUT2D eigenvalue weighted by atomic mass is 9.79. The van der Waals surface area contributed by atoms with Crippen molar-refractivity contribution in [2.75, 3.05) is 0 Å². The normalized spacial score (nSPS) is 13.7. The summed E-state index contributed by atoms with van der Waals surface area (Å²) in [5.74, 6) is 0.617. The predicted octanol–water partition coefficient (Wildman–Crippen LogP) is 7.18. The molecule has 0 aliphatic rings. The SMILES string of the molecule is [CH2]C(CCCCCCCCCCCCC)C(C)(C)C. The molecule has 0 aliphatic heterocycles. The molecule has 0 aromatic heterocycles. The third kappa shape index (κ3) is 12.8. The summed E-state index contributed by atoms with van der Waals surface area (Å²) in [4.78, 5) is 0. The van der Waals surface area contributed by atoms with Gasteiger partial charge in [0, 0.05) is 0 Å². The summed E-state index contributed by atoms with van der Waals surface area (Å²) in [6.07, 6.45) is 17.1. The summed E-state index contributed by atoms with van der Waals surface area (Å²) in [5.41, 5.74) is 0.387. The summed E-state index contributed by atoms with van der Waals surface area (Å²) >= 11 is 0. The van der Waals surface area contributed by atoms with Crippen molar-refractivity contribution in [3.8, 4) is 0 Å². The van der Waals surface area contributed by atoms with Gasteiger partial charge in [-0.2, -0.15) is 0 Å². The first kappa shape index (κ1) is 19.0. The molecule has 0 saturated carbocycles. The Morgan fingerprint density at radius 1 is 0.684 bits per heavy atom. The number of unbranched alkanes of at least 4 members (excludes halogenated alkanes) is 10. The maximum absolute atomic E-state index is 4.29. The van der Waals surface area contributed by atoms with Crippen molar-refractivity contribution in [1.29, 1.82) is 0 Å². The highest BCUT2D eigenvalue weighted by Crippen LogP contribution is 2.29. The van der Waals surface area contributed by atoms with Crippen LogP contribution in [0.1, 0.15) is 105 Å². The van der Waals surface area contributed by atoms with Gasteiger partial charge in [-0.05, 0) is 24.7 Å². The standard InChI is InChI=1S/C19H39/c1-6-7-8-9-10-11-12-13-14-15-16-17-18(2)19(3,4)5/h18H,2,6-17H2,1,3-5H3. The Morgan fingerprint density at radius 2 is 1.05 bits per heavy atom. The van der Waals surface area contributed by atoms with E-state index in [0.717, 1.165) is 0 Å². The smallest absolute Gasteiger partial charge is 0.0354 e. The van der Waals surface area contributed by atoms with Gasteiger partial charge in [0.1, 0.15) is 0 Å². The molecule has 1 radical (unpaired) electrons. The third-order valence-corrected chi connectivity index (χ3v) is 4.38. The number of hydrogen-bond donors (Lipinski definition) is 0. The fourth-order valence-electron chi connectivity index (χ4n) is 2.49. The first-order chi connectivity index (χ1) is 8.98. The fourth-order valence-corrected chi connectivity index (χ4v) is 2.49. The van der Waals surface area contributed by atoms with E-state index in [-0.39, 0.29) is 0 Å². The van der Waals surface area contributed by atoms with Crippen LogP contribution in [0.15, 0.2) is 0 Å². The molecule has 0 aromatic carbocycles. The van der Waals surface area contributed by atoms with Crippen LogP contribution in [0.25, 0.3) is 0 Å². The summed E-state index contributed by atoms with van der Waals surface area (Å²) in [7, 11) is 0. The van der Waals surface area contributed by atoms with Crippen LogP contribution in [-0.2, 0) is 0 Å². The van der Waals surface area contributed by atoms with Crippen LogP contribution in [0, 0.1) is 18.3 Å². The molecule has 0 rings (SSSR count). The van der Waals surface area contributed by atoms with Crippen LogP contribution in [0.5, 0.6) is 0 Å². The molecule has 0 heteroatoms. The van der Waals surface area contributed by atoms with Gasteiger partial charge in [0.05, 0.1) is 0 Å². The quantitative estimate of drug-likeness (QED) is 0.328. The minimum Gasteiger partial charge on any atom is -0.0654 e. The molecule has 0 saturated heterocycles. The molecule has 0 heterocycles. The van der Waals surface area contributed by atoms with Crippen LogP contribution in [0.3, 0.4) is 0 Å². The molecule has 0 spiro atoms. The summed E-state index contributed by atoms with van der Waals surface area (Å²) in [5, 5.41) is 0. The average Bonchev–Trinajstić information content (AvgIpc) is 2.34. The summed E-state index contributed by atoms with van der Waals surface area (Å²) in [6, 6.07) is 0. The highest BCUT2D eigenvalue weighted by atomic mass is 14.2. The minimum absolute atomic E-state index is 0.387. The second-order valence-corrected chi connectivity index (χ2v) is 7.39. The molecule has 0 bridgehead atoms. The molecule has 0 aliphatic carbocycles. The predicted molar refractivity (Wildman–Crippen MR) is 89.4 cm³/mol. The van der Waals surface area contributed by atoms with Gasteiger partial charge in [-0.25, -0.2) is 0 Å². The van der Waals surface area contributed by atoms with Gasteiger partial charge in [-0.3, -0.25) is 0 Å². The van der Waals surface area contributed by atoms with Crippen LogP contribution in [0.2, 0.25) is 0 Å². The Bertz CT molecular complexity index is 175. The molecule has 115 valence electrons. The van der Waals surface area contributed by atoms with Crippen molar-refractivity contribution >= 4 is 0 Å². The lowest BCUT2D eigenvalue weighted by Gasteiger charge is -2.27. The first-order valence-corrected chi connectivity index (χ1v) is 8.81. The van der Waals surface area contributed by atoms with Gasteiger partial charge in [0.15, 0.2) is 0 Å². The van der Waals surface area contributed by atoms with Gasteiger partial charge in [0.2, 0.25) is 0 Å². The topological polar surface area (TPSA) is 0 Å². The molecule has 0 amide bonds. The van der Waals surface area contributed by atoms with Crippen molar-refractivity contribution in [2.45, 2.75) is 105 Å². The van der Waals surface area contributed by atoms with E-state index < -0.39 is 0 Å². The second-order valence-electron chi connectivity index (χ2n) is 7.39. The van der Waals surface area contributed by atoms with Crippen LogP contribution in [-0.4, -0.2) is 0 Å². The number of rotatable bonds is 12. The van der Waals surface area contributed by atoms with E-state index in [0.29, 0.717) is 11.3 Å². The average molecular weight is 268 g/mol.